The average molecular weight is 899 g/mol. The topological polar surface area (TPSA) is 52.9 Å². The summed E-state index contributed by atoms with van der Waals surface area (Å²) in [7, 11) is 0. The van der Waals surface area contributed by atoms with Crippen LogP contribution in [0.1, 0.15) is 11.1 Å². The molecule has 0 unspecified atom stereocenters. The predicted molar refractivity (Wildman–Crippen MR) is 272 cm³/mol. The summed E-state index contributed by atoms with van der Waals surface area (Å²) < 4.78 is 47.5. The van der Waals surface area contributed by atoms with E-state index in [1.54, 1.807) is 12.1 Å². The van der Waals surface area contributed by atoms with Crippen LogP contribution in [0.5, 0.6) is 0 Å². The molecular weight excluding hydrogens is 862 g/mol. The van der Waals surface area contributed by atoms with Crippen molar-refractivity contribution in [2.24, 2.45) is 0 Å². The Balaban J connectivity index is 1.22. The van der Waals surface area contributed by atoms with E-state index in [9.17, 15) is 13.2 Å². The number of para-hydroxylation sites is 2. The summed E-state index contributed by atoms with van der Waals surface area (Å²) in [6.07, 6.45) is -4.54. The number of rotatable bonds is 7. The number of fused-ring (bicyclic) bond motifs is 6. The van der Waals surface area contributed by atoms with Crippen molar-refractivity contribution in [1.82, 2.24) is 24.1 Å². The zero-order valence-corrected chi connectivity index (χ0v) is 36.9. The average Bonchev–Trinajstić information content (AvgIpc) is 3.90. The van der Waals surface area contributed by atoms with Gasteiger partial charge in [0.25, 0.3) is 0 Å². The van der Waals surface area contributed by atoms with Gasteiger partial charge in [-0.25, -0.2) is 19.8 Å². The lowest BCUT2D eigenvalue weighted by atomic mass is 9.92. The zero-order valence-electron chi connectivity index (χ0n) is 36.9. The van der Waals surface area contributed by atoms with Crippen LogP contribution in [-0.4, -0.2) is 24.1 Å². The summed E-state index contributed by atoms with van der Waals surface area (Å²) >= 11 is 0. The molecule has 12 aromatic rings. The van der Waals surface area contributed by atoms with Crippen LogP contribution in [0, 0.1) is 13.5 Å². The van der Waals surface area contributed by atoms with Crippen molar-refractivity contribution in [2.75, 3.05) is 0 Å². The van der Waals surface area contributed by atoms with E-state index in [-0.39, 0.29) is 0 Å². The molecule has 0 bridgehead atoms. The number of hydrogen-bond acceptors (Lipinski definition) is 3. The number of aromatic nitrogens is 5. The van der Waals surface area contributed by atoms with E-state index in [1.165, 1.54) is 6.07 Å². The second-order valence-electron chi connectivity index (χ2n) is 17.1. The normalized spacial score (nSPS) is 11.8. The van der Waals surface area contributed by atoms with Gasteiger partial charge in [0.15, 0.2) is 23.2 Å². The van der Waals surface area contributed by atoms with Gasteiger partial charge in [0.2, 0.25) is 0 Å². The maximum Gasteiger partial charge on any atom is 0.416 e. The third kappa shape index (κ3) is 7.18. The van der Waals surface area contributed by atoms with E-state index < -0.39 is 11.7 Å². The lowest BCUT2D eigenvalue weighted by Crippen LogP contribution is -2.05. The number of benzene rings is 9. The highest BCUT2D eigenvalue weighted by Crippen LogP contribution is 2.44. The fourth-order valence-electron chi connectivity index (χ4n) is 9.67. The summed E-state index contributed by atoms with van der Waals surface area (Å²) in [6, 6.07) is 66.1. The fraction of sp³-hybridized carbons (Fsp3) is 0.0333. The second-order valence-corrected chi connectivity index (χ2v) is 17.1. The summed E-state index contributed by atoms with van der Waals surface area (Å²) in [5, 5.41) is 3.41. The Morgan fingerprint density at radius 1 is 0.420 bits per heavy atom. The Bertz CT molecular complexity index is 3970. The summed E-state index contributed by atoms with van der Waals surface area (Å²) in [5.41, 5.74) is 11.5. The van der Waals surface area contributed by atoms with Gasteiger partial charge in [-0.05, 0) is 102 Å². The minimum Gasteiger partial charge on any atom is -0.309 e. The standard InChI is InChI=1S/C60H37F3N6/c1-37-24-29-54-49(32-37)45-20-9-11-22-52(45)68(54)44-27-28-47(59-66-57(38-14-5-3-6-15-38)65-58(67-59)39-16-7-4-8-17-39)48(36-44)50-34-41(40-18-13-19-43(33-40)64-2)25-30-55(50)69-53-23-12-10-21-46(53)51-35-42(60(61,62)63)26-31-56(51)69/h3-36H,1H3. The molecule has 6 nitrogen and oxygen atoms in total. The van der Waals surface area contributed by atoms with Crippen molar-refractivity contribution in [3.05, 3.63) is 229 Å². The van der Waals surface area contributed by atoms with E-state index >= 15 is 0 Å². The van der Waals surface area contributed by atoms with Crippen LogP contribution in [-0.2, 0) is 6.18 Å². The quantitative estimate of drug-likeness (QED) is 0.150. The third-order valence-corrected chi connectivity index (χ3v) is 12.9. The minimum absolute atomic E-state index is 0.436. The van der Waals surface area contributed by atoms with Crippen LogP contribution in [0.3, 0.4) is 0 Å². The van der Waals surface area contributed by atoms with Crippen LogP contribution in [0.2, 0.25) is 0 Å². The van der Waals surface area contributed by atoms with Crippen molar-refractivity contribution < 1.29 is 13.2 Å². The molecule has 0 N–H and O–H groups in total. The highest BCUT2D eigenvalue weighted by atomic mass is 19.4. The number of aryl methyl sites for hydroxylation is 1. The van der Waals surface area contributed by atoms with Gasteiger partial charge >= 0.3 is 6.18 Å². The number of halogens is 3. The smallest absolute Gasteiger partial charge is 0.309 e. The maximum atomic E-state index is 14.4. The van der Waals surface area contributed by atoms with Crippen LogP contribution >= 0.6 is 0 Å². The number of hydrogen-bond donors (Lipinski definition) is 0. The molecule has 3 aromatic heterocycles. The second kappa shape index (κ2) is 16.3. The molecule has 0 saturated heterocycles. The molecular formula is C60H37F3N6. The van der Waals surface area contributed by atoms with Crippen molar-refractivity contribution in [3.63, 3.8) is 0 Å². The van der Waals surface area contributed by atoms with Gasteiger partial charge in [0.05, 0.1) is 39.9 Å². The van der Waals surface area contributed by atoms with Gasteiger partial charge in [0, 0.05) is 49.5 Å². The Morgan fingerprint density at radius 3 is 1.67 bits per heavy atom. The summed E-state index contributed by atoms with van der Waals surface area (Å²) in [5.74, 6) is 1.44. The molecule has 0 radical (unpaired) electrons. The Morgan fingerprint density at radius 2 is 0.986 bits per heavy atom. The van der Waals surface area contributed by atoms with Gasteiger partial charge in [-0.3, -0.25) is 0 Å². The maximum absolute atomic E-state index is 14.4. The van der Waals surface area contributed by atoms with Crippen LogP contribution in [0.4, 0.5) is 18.9 Å². The number of nitrogens with zero attached hydrogens (tertiary/aromatic N) is 6. The lowest BCUT2D eigenvalue weighted by molar-refractivity contribution is -0.137. The molecule has 0 atom stereocenters. The molecule has 0 aliphatic rings. The SMILES string of the molecule is [C-]#[N+]c1cccc(-c2ccc(-n3c4ccccc4c4cc(C(F)(F)F)ccc43)c(-c3cc(-n4c5ccccc5c5cc(C)ccc54)ccc3-c3nc(-c4ccccc4)nc(-c4ccccc4)n3)c2)c1. The highest BCUT2D eigenvalue weighted by molar-refractivity contribution is 6.11. The van der Waals surface area contributed by atoms with Gasteiger partial charge in [-0.15, -0.1) is 0 Å². The number of alkyl halides is 3. The van der Waals surface area contributed by atoms with Crippen molar-refractivity contribution in [3.8, 4) is 67.8 Å². The first-order chi connectivity index (χ1) is 33.7. The molecule has 0 aliphatic carbocycles. The first-order valence-corrected chi connectivity index (χ1v) is 22.4. The molecule has 9 heteroatoms. The monoisotopic (exact) mass is 898 g/mol. The predicted octanol–water partition coefficient (Wildman–Crippen LogP) is 16.3. The van der Waals surface area contributed by atoms with Crippen molar-refractivity contribution in [1.29, 1.82) is 0 Å². The van der Waals surface area contributed by atoms with E-state index in [0.717, 1.165) is 83.7 Å². The third-order valence-electron chi connectivity index (χ3n) is 12.9. The molecule has 0 amide bonds. The summed E-state index contributed by atoms with van der Waals surface area (Å²) in [4.78, 5) is 19.2. The largest absolute Gasteiger partial charge is 0.416 e. The van der Waals surface area contributed by atoms with Gasteiger partial charge in [-0.1, -0.05) is 133 Å². The molecule has 0 fully saturated rings. The Kier molecular flexibility index (Phi) is 9.78. The zero-order chi connectivity index (χ0) is 46.8. The highest BCUT2D eigenvalue weighted by Gasteiger charge is 2.31. The molecule has 0 spiro atoms. The molecule has 0 aliphatic heterocycles. The van der Waals surface area contributed by atoms with E-state index in [2.05, 4.69) is 81.6 Å². The van der Waals surface area contributed by atoms with Gasteiger partial charge in [0.1, 0.15) is 0 Å². The summed E-state index contributed by atoms with van der Waals surface area (Å²) in [6.45, 7) is 9.94. The molecule has 9 aromatic carbocycles. The van der Waals surface area contributed by atoms with E-state index in [4.69, 9.17) is 21.5 Å². The van der Waals surface area contributed by atoms with Crippen molar-refractivity contribution in [2.45, 2.75) is 13.1 Å². The first-order valence-electron chi connectivity index (χ1n) is 22.4. The molecule has 0 saturated carbocycles. The van der Waals surface area contributed by atoms with Crippen molar-refractivity contribution >= 4 is 49.3 Å². The Labute approximate surface area is 394 Å². The van der Waals surface area contributed by atoms with E-state index in [1.807, 2.05) is 121 Å². The minimum atomic E-state index is -4.54. The molecule has 12 rings (SSSR count). The molecule has 328 valence electrons. The molecule has 69 heavy (non-hydrogen) atoms. The Hall–Kier alpha value is -9.13. The first kappa shape index (κ1) is 41.3. The van der Waals surface area contributed by atoms with Gasteiger partial charge < -0.3 is 9.13 Å². The van der Waals surface area contributed by atoms with Gasteiger partial charge in [-0.2, -0.15) is 13.2 Å². The molecule has 3 heterocycles. The van der Waals surface area contributed by atoms with Crippen LogP contribution in [0.25, 0.3) is 116 Å². The van der Waals surface area contributed by atoms with E-state index in [0.29, 0.717) is 45.0 Å². The van der Waals surface area contributed by atoms with Crippen LogP contribution in [0.15, 0.2) is 206 Å². The fourth-order valence-corrected chi connectivity index (χ4v) is 9.67. The van der Waals surface area contributed by atoms with Crippen LogP contribution < -0.4 is 0 Å². The lowest BCUT2D eigenvalue weighted by Gasteiger charge is -2.20.